The molecule has 0 saturated heterocycles. The molecule has 8 nitrogen and oxygen atoms in total. The Morgan fingerprint density at radius 3 is 0.314 bits per heavy atom. The van der Waals surface area contributed by atoms with Gasteiger partial charge in [-0.3, -0.25) is 0 Å². The first-order valence-electron chi connectivity index (χ1n) is 54.4. The van der Waals surface area contributed by atoms with Crippen LogP contribution in [-0.2, 0) is 80.2 Å². The van der Waals surface area contributed by atoms with Gasteiger partial charge in [-0.15, -0.1) is 12.8 Å². The van der Waals surface area contributed by atoms with E-state index < -0.39 is 111 Å². The standard InChI is InChI=1S/C124H170O8Si8/c1-27-101-53-69-109(70-54-101)117(125-133(29-3,30-4)31-5)85-89-119(90-86-117,127-135(35-9,36-10)37-11)111-73-57-103(58-74-111)105-61-77-113(78-62-105)121(129-137(41-15,42-16)43-17)93-97-123(98-94-121,131-139(47-21,48-22)49-23)115-81-65-107(66-82-115)108-67-83-116(84-68-108)124(132-140(50-24,51-25)52-26)99-95-122(96-100-124,130-138(44-18,45-19)46-20)114-79-63-106(64-80-114)104-59-75-112(76-60-104)120(128-136(38-12,39-13)40-14)91-87-118(88-92-120,126-134(32-6,33-7)34-8)110-71-55-102(28-2)56-72-110/h1-2,53-100H,29-52H2,3-26H3. The lowest BCUT2D eigenvalue weighted by Gasteiger charge is -2.46. The van der Waals surface area contributed by atoms with Gasteiger partial charge in [0.15, 0.2) is 66.5 Å². The van der Waals surface area contributed by atoms with E-state index >= 15 is 0 Å². The van der Waals surface area contributed by atoms with E-state index in [1.54, 1.807) is 0 Å². The van der Waals surface area contributed by atoms with Gasteiger partial charge in [-0.2, -0.15) is 0 Å². The second-order valence-electron chi connectivity index (χ2n) is 40.7. The summed E-state index contributed by atoms with van der Waals surface area (Å²) in [6, 6.07) is 96.7. The fraction of sp³-hybridized carbons (Fsp3) is 0.452. The molecule has 16 heteroatoms. The molecule has 0 atom stereocenters. The Morgan fingerprint density at radius 1 is 0.150 bits per heavy atom. The molecule has 140 heavy (non-hydrogen) atoms. The van der Waals surface area contributed by atoms with E-state index in [2.05, 4.69) is 445 Å². The van der Waals surface area contributed by atoms with Crippen LogP contribution in [0.15, 0.2) is 291 Å². The van der Waals surface area contributed by atoms with Gasteiger partial charge in [0, 0.05) is 11.1 Å². The molecule has 0 radical (unpaired) electrons. The molecule has 4 aliphatic rings. The molecule has 0 bridgehead atoms. The van der Waals surface area contributed by atoms with Gasteiger partial charge in [0.05, 0.1) is 0 Å². The van der Waals surface area contributed by atoms with Crippen LogP contribution < -0.4 is 0 Å². The van der Waals surface area contributed by atoms with Gasteiger partial charge in [-0.25, -0.2) is 0 Å². The fourth-order valence-electron chi connectivity index (χ4n) is 22.8. The Bertz CT molecular complexity index is 5220. The summed E-state index contributed by atoms with van der Waals surface area (Å²) in [5, 5.41) is 0. The van der Waals surface area contributed by atoms with Crippen LogP contribution in [0.3, 0.4) is 0 Å². The average Bonchev–Trinajstić information content (AvgIpc) is 0.765. The molecular formula is C124H170O8Si8. The van der Waals surface area contributed by atoms with Crippen molar-refractivity contribution < 1.29 is 35.4 Å². The molecule has 4 aliphatic carbocycles. The maximum absolute atomic E-state index is 7.94. The lowest BCUT2D eigenvalue weighted by atomic mass is 9.80. The highest BCUT2D eigenvalue weighted by Gasteiger charge is 2.53. The number of hydrogen-bond donors (Lipinski definition) is 0. The molecule has 0 aromatic heterocycles. The minimum Gasteiger partial charge on any atom is -0.401 e. The molecule has 12 rings (SSSR count). The minimum atomic E-state index is -2.30. The zero-order valence-corrected chi connectivity index (χ0v) is 98.1. The third kappa shape index (κ3) is 22.3. The molecule has 0 unspecified atom stereocenters. The highest BCUT2D eigenvalue weighted by Crippen LogP contribution is 2.54. The number of terminal acetylenes is 2. The predicted octanol–water partition coefficient (Wildman–Crippen LogP) is 35.7. The van der Waals surface area contributed by atoms with Crippen molar-refractivity contribution in [2.45, 2.75) is 356 Å². The van der Waals surface area contributed by atoms with Crippen molar-refractivity contribution in [3.63, 3.8) is 0 Å². The Labute approximate surface area is 856 Å². The Hall–Kier alpha value is -7.78. The third-order valence-electron chi connectivity index (χ3n) is 35.2. The van der Waals surface area contributed by atoms with E-state index in [-0.39, 0.29) is 0 Å². The molecule has 8 aromatic rings. The highest BCUT2D eigenvalue weighted by atomic mass is 28.4. The second kappa shape index (κ2) is 46.7. The molecule has 0 aliphatic heterocycles. The number of hydrogen-bond acceptors (Lipinski definition) is 8. The summed E-state index contributed by atoms with van der Waals surface area (Å²) < 4.78 is 62.5. The second-order valence-corrected chi connectivity index (χ2v) is 78.2. The van der Waals surface area contributed by atoms with Crippen LogP contribution in [0.2, 0.25) is 145 Å². The maximum Gasteiger partial charge on any atom is 0.194 e. The van der Waals surface area contributed by atoms with E-state index in [9.17, 15) is 0 Å². The molecule has 0 spiro atoms. The molecule has 0 heterocycles. The van der Waals surface area contributed by atoms with E-state index in [0.29, 0.717) is 0 Å². The molecule has 746 valence electrons. The normalized spacial score (nSPS) is 22.8. The van der Waals surface area contributed by atoms with Crippen molar-refractivity contribution in [3.05, 3.63) is 347 Å². The zero-order chi connectivity index (χ0) is 101. The summed E-state index contributed by atoms with van der Waals surface area (Å²) in [5.41, 5.74) is 11.0. The Kier molecular flexibility index (Phi) is 37.0. The van der Waals surface area contributed by atoms with Crippen molar-refractivity contribution in [1.29, 1.82) is 0 Å². The van der Waals surface area contributed by atoms with Crippen LogP contribution >= 0.6 is 0 Å². The molecule has 0 fully saturated rings. The summed E-state index contributed by atoms with van der Waals surface area (Å²) in [4.78, 5) is 0. The topological polar surface area (TPSA) is 73.8 Å². The largest absolute Gasteiger partial charge is 0.401 e. The smallest absolute Gasteiger partial charge is 0.194 e. The van der Waals surface area contributed by atoms with Gasteiger partial charge >= 0.3 is 0 Å². The predicted molar refractivity (Wildman–Crippen MR) is 617 cm³/mol. The molecule has 8 aromatic carbocycles. The summed E-state index contributed by atoms with van der Waals surface area (Å²) in [5.74, 6) is 5.67. The summed E-state index contributed by atoms with van der Waals surface area (Å²) in [6.07, 6.45) is 49.4. The van der Waals surface area contributed by atoms with Crippen LogP contribution in [0.1, 0.15) is 222 Å². The monoisotopic (exact) mass is 2010 g/mol. The lowest BCUT2D eigenvalue weighted by Crippen LogP contribution is -2.48. The van der Waals surface area contributed by atoms with Crippen LogP contribution in [-0.4, -0.2) is 66.5 Å². The van der Waals surface area contributed by atoms with Gasteiger partial charge in [-0.1, -0.05) is 348 Å². The quantitative estimate of drug-likeness (QED) is 0.0212. The van der Waals surface area contributed by atoms with Gasteiger partial charge in [0.25, 0.3) is 0 Å². The first-order valence-corrected chi connectivity index (χ1v) is 74.6. The van der Waals surface area contributed by atoms with Gasteiger partial charge in [0.2, 0.25) is 0 Å². The molecule has 0 amide bonds. The minimum absolute atomic E-state index is 0.759. The highest BCUT2D eigenvalue weighted by molar-refractivity contribution is 6.77. The number of rotatable bonds is 51. The van der Waals surface area contributed by atoms with Crippen molar-refractivity contribution in [1.82, 2.24) is 0 Å². The van der Waals surface area contributed by atoms with Crippen molar-refractivity contribution in [3.8, 4) is 58.1 Å². The van der Waals surface area contributed by atoms with Crippen molar-refractivity contribution in [2.24, 2.45) is 0 Å². The number of benzene rings is 8. The SMILES string of the molecule is C#Cc1ccc(C2(O[Si](CC)(CC)CC)C=CC(O[Si](CC)(CC)CC)(c3ccc(-c4ccc(C5(O[Si](CC)(CC)CC)C=CC(O[Si](CC)(CC)CC)(c6ccc(-c7ccc(C8(O[Si](CC)(CC)CC)C=CC(O[Si](CC)(CC)CC)(c9ccc(-c%10ccc(C%11(O[Si](CC)(CC)CC)C=CC(O[Si](CC)(CC)CC)(c%12ccc(C#C)cc%12)C=C%11)cc%10)cc9)C=C8)cc7)cc6)C=C5)cc4)cc3)C=C2)cc1. The Balaban J connectivity index is 0.856. The van der Waals surface area contributed by atoms with Gasteiger partial charge < -0.3 is 35.4 Å². The van der Waals surface area contributed by atoms with Crippen LogP contribution in [0, 0.1) is 24.7 Å². The Morgan fingerprint density at radius 2 is 0.236 bits per heavy atom. The summed E-state index contributed by atoms with van der Waals surface area (Å²) in [6.45, 7) is 55.9. The van der Waals surface area contributed by atoms with Crippen molar-refractivity contribution >= 4 is 66.5 Å². The van der Waals surface area contributed by atoms with Gasteiger partial charge in [-0.05, 0) is 344 Å². The third-order valence-corrected chi connectivity index (χ3v) is 72.3. The van der Waals surface area contributed by atoms with E-state index in [4.69, 9.17) is 48.3 Å². The maximum atomic E-state index is 7.94. The van der Waals surface area contributed by atoms with E-state index in [0.717, 1.165) is 234 Å². The van der Waals surface area contributed by atoms with E-state index in [1.807, 2.05) is 24.3 Å². The van der Waals surface area contributed by atoms with E-state index in [1.165, 1.54) is 0 Å². The average molecular weight is 2010 g/mol. The fourth-order valence-corrected chi connectivity index (χ4v) is 46.0. The lowest BCUT2D eigenvalue weighted by molar-refractivity contribution is 0.121. The summed E-state index contributed by atoms with van der Waals surface area (Å²) in [7, 11) is -17.9. The summed E-state index contributed by atoms with van der Waals surface area (Å²) >= 11 is 0. The van der Waals surface area contributed by atoms with Crippen LogP contribution in [0.25, 0.3) is 33.4 Å². The van der Waals surface area contributed by atoms with Crippen LogP contribution in [0.4, 0.5) is 0 Å². The van der Waals surface area contributed by atoms with Gasteiger partial charge in [0.1, 0.15) is 44.8 Å². The first-order chi connectivity index (χ1) is 67.4. The van der Waals surface area contributed by atoms with Crippen molar-refractivity contribution in [2.75, 3.05) is 0 Å². The van der Waals surface area contributed by atoms with Crippen LogP contribution in [0.5, 0.6) is 0 Å². The molecule has 0 N–H and O–H groups in total. The molecule has 0 saturated carbocycles. The first kappa shape index (κ1) is 111. The zero-order valence-electron chi connectivity index (χ0n) is 90.1. The molecular weight excluding hydrogens is 1840 g/mol.